The van der Waals surface area contributed by atoms with Crippen LogP contribution < -0.4 is 4.74 Å². The van der Waals surface area contributed by atoms with E-state index in [0.717, 1.165) is 0 Å². The van der Waals surface area contributed by atoms with Crippen LogP contribution in [0.1, 0.15) is 12.0 Å². The van der Waals surface area contributed by atoms with E-state index in [0.29, 0.717) is 5.56 Å². The van der Waals surface area contributed by atoms with E-state index in [1.807, 2.05) is 0 Å². The lowest BCUT2D eigenvalue weighted by Crippen LogP contribution is -2.13. The number of hydrogen-bond donors (Lipinski definition) is 1. The molecule has 0 heterocycles. The normalized spacial score (nSPS) is 11.6. The average molecular weight is 255 g/mol. The molecular formula is C10H10ClF3O2. The molecule has 1 aromatic rings. The van der Waals surface area contributed by atoms with Crippen molar-refractivity contribution in [2.45, 2.75) is 19.2 Å². The van der Waals surface area contributed by atoms with Crippen molar-refractivity contribution in [1.29, 1.82) is 0 Å². The SMILES string of the molecule is OCc1c(Cl)cccc1OCCC(F)(F)F. The molecule has 1 aromatic carbocycles. The van der Waals surface area contributed by atoms with E-state index in [2.05, 4.69) is 0 Å². The van der Waals surface area contributed by atoms with Gasteiger partial charge in [0, 0.05) is 10.6 Å². The van der Waals surface area contributed by atoms with Gasteiger partial charge in [0.05, 0.1) is 19.6 Å². The number of aliphatic hydroxyl groups is 1. The summed E-state index contributed by atoms with van der Waals surface area (Å²) in [4.78, 5) is 0. The van der Waals surface area contributed by atoms with Crippen LogP contribution in [0.25, 0.3) is 0 Å². The van der Waals surface area contributed by atoms with Gasteiger partial charge in [-0.05, 0) is 12.1 Å². The maximum Gasteiger partial charge on any atom is 0.392 e. The Kier molecular flexibility index (Phi) is 4.44. The van der Waals surface area contributed by atoms with E-state index in [1.165, 1.54) is 12.1 Å². The molecule has 0 spiro atoms. The molecule has 1 N–H and O–H groups in total. The average Bonchev–Trinajstić information content (AvgIpc) is 2.16. The van der Waals surface area contributed by atoms with E-state index in [9.17, 15) is 13.2 Å². The molecule has 1 rings (SSSR count). The summed E-state index contributed by atoms with van der Waals surface area (Å²) in [5, 5.41) is 9.24. The molecule has 16 heavy (non-hydrogen) atoms. The molecule has 90 valence electrons. The van der Waals surface area contributed by atoms with Crippen LogP contribution in [-0.2, 0) is 6.61 Å². The van der Waals surface area contributed by atoms with E-state index < -0.39 is 19.2 Å². The van der Waals surface area contributed by atoms with Crippen molar-refractivity contribution in [3.63, 3.8) is 0 Å². The van der Waals surface area contributed by atoms with Crippen molar-refractivity contribution in [2.24, 2.45) is 0 Å². The van der Waals surface area contributed by atoms with Crippen LogP contribution in [0.2, 0.25) is 5.02 Å². The summed E-state index contributed by atoms with van der Waals surface area (Å²) in [7, 11) is 0. The first-order chi connectivity index (χ1) is 7.44. The van der Waals surface area contributed by atoms with Crippen LogP contribution in [-0.4, -0.2) is 17.9 Å². The molecule has 0 amide bonds. The second kappa shape index (κ2) is 5.41. The quantitative estimate of drug-likeness (QED) is 0.894. The van der Waals surface area contributed by atoms with Crippen molar-refractivity contribution >= 4 is 11.6 Å². The van der Waals surface area contributed by atoms with Crippen molar-refractivity contribution < 1.29 is 23.0 Å². The lowest BCUT2D eigenvalue weighted by molar-refractivity contribution is -0.139. The van der Waals surface area contributed by atoms with Gasteiger partial charge in [0.25, 0.3) is 0 Å². The minimum atomic E-state index is -4.25. The Bertz CT molecular complexity index is 352. The molecule has 0 aliphatic carbocycles. The van der Waals surface area contributed by atoms with E-state index in [-0.39, 0.29) is 17.4 Å². The third-order valence-corrected chi connectivity index (χ3v) is 2.23. The van der Waals surface area contributed by atoms with Crippen LogP contribution in [0, 0.1) is 0 Å². The first kappa shape index (κ1) is 13.1. The number of rotatable bonds is 4. The predicted molar refractivity (Wildman–Crippen MR) is 53.5 cm³/mol. The van der Waals surface area contributed by atoms with Crippen LogP contribution in [0.15, 0.2) is 18.2 Å². The lowest BCUT2D eigenvalue weighted by Gasteiger charge is -2.12. The summed E-state index contributed by atoms with van der Waals surface area (Å²) in [5.74, 6) is 0.180. The minimum absolute atomic E-state index is 0.180. The highest BCUT2D eigenvalue weighted by Crippen LogP contribution is 2.27. The van der Waals surface area contributed by atoms with Gasteiger partial charge in [-0.1, -0.05) is 17.7 Å². The molecular weight excluding hydrogens is 245 g/mol. The Morgan fingerprint density at radius 3 is 2.56 bits per heavy atom. The highest BCUT2D eigenvalue weighted by molar-refractivity contribution is 6.31. The first-order valence-electron chi connectivity index (χ1n) is 4.52. The molecule has 0 bridgehead atoms. The summed E-state index contributed by atoms with van der Waals surface area (Å²) < 4.78 is 40.5. The minimum Gasteiger partial charge on any atom is -0.493 e. The van der Waals surface area contributed by atoms with Gasteiger partial charge in [0.2, 0.25) is 0 Å². The summed E-state index contributed by atoms with van der Waals surface area (Å²) >= 11 is 5.74. The maximum absolute atomic E-state index is 11.9. The third-order valence-electron chi connectivity index (χ3n) is 1.88. The summed E-state index contributed by atoms with van der Waals surface area (Å²) in [6.07, 6.45) is -5.29. The van der Waals surface area contributed by atoms with Crippen LogP contribution in [0.3, 0.4) is 0 Å². The molecule has 0 atom stereocenters. The van der Waals surface area contributed by atoms with E-state index in [1.54, 1.807) is 6.07 Å². The Hall–Kier alpha value is -0.940. The molecule has 0 aromatic heterocycles. The molecule has 0 radical (unpaired) electrons. The fourth-order valence-electron chi connectivity index (χ4n) is 1.10. The Morgan fingerprint density at radius 2 is 2.00 bits per heavy atom. The molecule has 0 aliphatic rings. The van der Waals surface area contributed by atoms with Gasteiger partial charge in [-0.2, -0.15) is 13.2 Å². The van der Waals surface area contributed by atoms with Gasteiger partial charge in [0.15, 0.2) is 0 Å². The lowest BCUT2D eigenvalue weighted by atomic mass is 10.2. The molecule has 6 heteroatoms. The summed E-state index contributed by atoms with van der Waals surface area (Å²) in [6, 6.07) is 4.54. The monoisotopic (exact) mass is 254 g/mol. The highest BCUT2D eigenvalue weighted by atomic mass is 35.5. The standard InChI is InChI=1S/C10H10ClF3O2/c11-8-2-1-3-9(7(8)6-15)16-5-4-10(12,13)14/h1-3,15H,4-6H2. The second-order valence-corrected chi connectivity index (χ2v) is 3.50. The molecule has 0 fully saturated rings. The van der Waals surface area contributed by atoms with Gasteiger partial charge in [-0.25, -0.2) is 0 Å². The molecule has 0 saturated heterocycles. The predicted octanol–water partition coefficient (Wildman–Crippen LogP) is 3.16. The second-order valence-electron chi connectivity index (χ2n) is 3.09. The van der Waals surface area contributed by atoms with Gasteiger partial charge in [0.1, 0.15) is 5.75 Å². The van der Waals surface area contributed by atoms with Crippen molar-refractivity contribution in [1.82, 2.24) is 0 Å². The number of benzene rings is 1. The molecule has 0 saturated carbocycles. The molecule has 0 unspecified atom stereocenters. The fourth-order valence-corrected chi connectivity index (χ4v) is 1.33. The smallest absolute Gasteiger partial charge is 0.392 e. The highest BCUT2D eigenvalue weighted by Gasteiger charge is 2.27. The van der Waals surface area contributed by atoms with Crippen molar-refractivity contribution in [3.8, 4) is 5.75 Å². The van der Waals surface area contributed by atoms with Crippen LogP contribution in [0.4, 0.5) is 13.2 Å². The van der Waals surface area contributed by atoms with E-state index >= 15 is 0 Å². The number of ether oxygens (including phenoxy) is 1. The van der Waals surface area contributed by atoms with Gasteiger partial charge in [-0.15, -0.1) is 0 Å². The third kappa shape index (κ3) is 3.90. The first-order valence-corrected chi connectivity index (χ1v) is 4.89. The molecule has 0 aliphatic heterocycles. The van der Waals surface area contributed by atoms with Crippen molar-refractivity contribution in [2.75, 3.05) is 6.61 Å². The summed E-state index contributed by atoms with van der Waals surface area (Å²) in [5.41, 5.74) is 0.298. The topological polar surface area (TPSA) is 29.5 Å². The van der Waals surface area contributed by atoms with Crippen LogP contribution in [0.5, 0.6) is 5.75 Å². The number of halogens is 4. The summed E-state index contributed by atoms with van der Waals surface area (Å²) in [6.45, 7) is -0.863. The van der Waals surface area contributed by atoms with Gasteiger partial charge in [-0.3, -0.25) is 0 Å². The maximum atomic E-state index is 11.9. The Morgan fingerprint density at radius 1 is 1.31 bits per heavy atom. The zero-order chi connectivity index (χ0) is 12.2. The Balaban J connectivity index is 2.64. The number of aliphatic hydroxyl groups excluding tert-OH is 1. The largest absolute Gasteiger partial charge is 0.493 e. The Labute approximate surface area is 95.6 Å². The number of hydrogen-bond acceptors (Lipinski definition) is 2. The van der Waals surface area contributed by atoms with E-state index in [4.69, 9.17) is 21.4 Å². The fraction of sp³-hybridized carbons (Fsp3) is 0.400. The molecule has 2 nitrogen and oxygen atoms in total. The number of alkyl halides is 3. The van der Waals surface area contributed by atoms with Gasteiger partial charge < -0.3 is 9.84 Å². The van der Waals surface area contributed by atoms with Crippen LogP contribution >= 0.6 is 11.6 Å². The van der Waals surface area contributed by atoms with Gasteiger partial charge >= 0.3 is 6.18 Å². The van der Waals surface area contributed by atoms with Crippen molar-refractivity contribution in [3.05, 3.63) is 28.8 Å². The zero-order valence-electron chi connectivity index (χ0n) is 8.22. The zero-order valence-corrected chi connectivity index (χ0v) is 8.98.